The number of halogens is 1. The summed E-state index contributed by atoms with van der Waals surface area (Å²) in [6.45, 7) is 4.84. The normalized spacial score (nSPS) is 17.9. The SMILES string of the molecule is CC(C)n1c(=O)c2c(-n3cc(C4CCCN4C)nn3)ncn2c2ccc(F)cc21. The Bertz CT molecular complexity index is 1290. The van der Waals surface area contributed by atoms with Crippen molar-refractivity contribution in [1.29, 1.82) is 0 Å². The van der Waals surface area contributed by atoms with Crippen molar-refractivity contribution in [3.8, 4) is 5.82 Å². The Labute approximate surface area is 166 Å². The number of hydrogen-bond donors (Lipinski definition) is 0. The van der Waals surface area contributed by atoms with Crippen LogP contribution >= 0.6 is 0 Å². The van der Waals surface area contributed by atoms with Crippen molar-refractivity contribution in [3.63, 3.8) is 0 Å². The van der Waals surface area contributed by atoms with E-state index in [2.05, 4.69) is 27.2 Å². The minimum absolute atomic E-state index is 0.141. The topological polar surface area (TPSA) is 73.2 Å². The molecule has 1 aromatic carbocycles. The van der Waals surface area contributed by atoms with E-state index in [9.17, 15) is 9.18 Å². The molecule has 0 radical (unpaired) electrons. The number of imidazole rings is 1. The lowest BCUT2D eigenvalue weighted by atomic mass is 10.2. The first kappa shape index (κ1) is 18.0. The van der Waals surface area contributed by atoms with Gasteiger partial charge in [0.25, 0.3) is 5.56 Å². The maximum atomic E-state index is 13.9. The Morgan fingerprint density at radius 2 is 2.07 bits per heavy atom. The van der Waals surface area contributed by atoms with E-state index in [1.54, 1.807) is 26.0 Å². The van der Waals surface area contributed by atoms with Crippen molar-refractivity contribution in [1.82, 2.24) is 33.8 Å². The summed E-state index contributed by atoms with van der Waals surface area (Å²) in [6, 6.07) is 4.54. The fraction of sp³-hybridized carbons (Fsp3) is 0.400. The highest BCUT2D eigenvalue weighted by atomic mass is 19.1. The Kier molecular flexibility index (Phi) is 4.02. The largest absolute Gasteiger partial charge is 0.302 e. The van der Waals surface area contributed by atoms with E-state index in [0.717, 1.165) is 25.1 Å². The third kappa shape index (κ3) is 2.68. The van der Waals surface area contributed by atoms with Crippen LogP contribution in [0.4, 0.5) is 4.39 Å². The van der Waals surface area contributed by atoms with Gasteiger partial charge in [0.2, 0.25) is 0 Å². The van der Waals surface area contributed by atoms with E-state index in [4.69, 9.17) is 0 Å². The monoisotopic (exact) mass is 395 g/mol. The van der Waals surface area contributed by atoms with E-state index in [0.29, 0.717) is 22.4 Å². The summed E-state index contributed by atoms with van der Waals surface area (Å²) in [5.74, 6) is 0.0441. The molecule has 9 heteroatoms. The second-order valence-corrected chi connectivity index (χ2v) is 7.92. The van der Waals surface area contributed by atoms with Crippen LogP contribution in [0, 0.1) is 5.82 Å². The molecule has 1 aliphatic heterocycles. The average Bonchev–Trinajstić information content (AvgIpc) is 3.39. The Balaban J connectivity index is 1.75. The van der Waals surface area contributed by atoms with Crippen molar-refractivity contribution < 1.29 is 4.39 Å². The van der Waals surface area contributed by atoms with Gasteiger partial charge >= 0.3 is 0 Å². The predicted octanol–water partition coefficient (Wildman–Crippen LogP) is 2.72. The second kappa shape index (κ2) is 6.48. The Morgan fingerprint density at radius 3 is 2.79 bits per heavy atom. The third-order valence-electron chi connectivity index (χ3n) is 5.73. The molecule has 4 heterocycles. The molecule has 1 atom stereocenters. The molecule has 0 bridgehead atoms. The lowest BCUT2D eigenvalue weighted by Crippen LogP contribution is -2.25. The quantitative estimate of drug-likeness (QED) is 0.533. The van der Waals surface area contributed by atoms with Crippen LogP contribution < -0.4 is 5.56 Å². The first-order chi connectivity index (χ1) is 14.0. The molecule has 4 aromatic rings. The highest BCUT2D eigenvalue weighted by Gasteiger charge is 2.26. The molecule has 0 N–H and O–H groups in total. The molecule has 150 valence electrons. The minimum atomic E-state index is -0.382. The van der Waals surface area contributed by atoms with E-state index in [-0.39, 0.29) is 23.5 Å². The highest BCUT2D eigenvalue weighted by molar-refractivity contribution is 5.81. The zero-order chi connectivity index (χ0) is 20.3. The summed E-state index contributed by atoms with van der Waals surface area (Å²) >= 11 is 0. The predicted molar refractivity (Wildman–Crippen MR) is 107 cm³/mol. The molecular formula is C20H22FN7O. The number of nitrogens with zero attached hydrogens (tertiary/aromatic N) is 7. The van der Waals surface area contributed by atoms with Gasteiger partial charge in [-0.1, -0.05) is 5.21 Å². The number of fused-ring (bicyclic) bond motifs is 3. The fourth-order valence-corrected chi connectivity index (χ4v) is 4.33. The van der Waals surface area contributed by atoms with E-state index >= 15 is 0 Å². The van der Waals surface area contributed by atoms with Crippen LogP contribution in [0.3, 0.4) is 0 Å². The van der Waals surface area contributed by atoms with Gasteiger partial charge in [0.1, 0.15) is 17.8 Å². The summed E-state index contributed by atoms with van der Waals surface area (Å²) in [4.78, 5) is 20.1. The van der Waals surface area contributed by atoms with Gasteiger partial charge < -0.3 is 4.57 Å². The number of aromatic nitrogens is 6. The lowest BCUT2D eigenvalue weighted by Gasteiger charge is -2.16. The Hall–Kier alpha value is -3.07. The zero-order valence-corrected chi connectivity index (χ0v) is 16.6. The highest BCUT2D eigenvalue weighted by Crippen LogP contribution is 2.29. The fourth-order valence-electron chi connectivity index (χ4n) is 4.33. The van der Waals surface area contributed by atoms with Gasteiger partial charge in [0, 0.05) is 6.04 Å². The summed E-state index contributed by atoms with van der Waals surface area (Å²) in [5, 5.41) is 8.59. The molecule has 0 amide bonds. The van der Waals surface area contributed by atoms with Crippen LogP contribution in [-0.4, -0.2) is 47.4 Å². The molecule has 0 saturated carbocycles. The van der Waals surface area contributed by atoms with Gasteiger partial charge in [-0.3, -0.25) is 14.1 Å². The summed E-state index contributed by atoms with van der Waals surface area (Å²) < 4.78 is 18.8. The van der Waals surface area contributed by atoms with Crippen molar-refractivity contribution in [2.75, 3.05) is 13.6 Å². The van der Waals surface area contributed by atoms with Crippen molar-refractivity contribution in [2.24, 2.45) is 0 Å². The van der Waals surface area contributed by atoms with Gasteiger partial charge in [-0.2, -0.15) is 4.68 Å². The van der Waals surface area contributed by atoms with E-state index in [1.807, 2.05) is 20.0 Å². The standard InChI is InChI=1S/C20H22FN7O/c1-12(2)28-17-9-13(21)6-7-16(17)26-11-22-19(18(26)20(28)29)27-10-14(23-24-27)15-5-4-8-25(15)3/h6-7,9-12,15H,4-5,8H2,1-3H3. The zero-order valence-electron chi connectivity index (χ0n) is 16.6. The van der Waals surface area contributed by atoms with Crippen LogP contribution in [-0.2, 0) is 0 Å². The van der Waals surface area contributed by atoms with Gasteiger partial charge in [0.15, 0.2) is 11.3 Å². The van der Waals surface area contributed by atoms with Crippen molar-refractivity contribution in [3.05, 3.63) is 52.6 Å². The average molecular weight is 395 g/mol. The van der Waals surface area contributed by atoms with Gasteiger partial charge in [-0.25, -0.2) is 9.37 Å². The van der Waals surface area contributed by atoms with Crippen LogP contribution in [0.5, 0.6) is 0 Å². The third-order valence-corrected chi connectivity index (χ3v) is 5.73. The second-order valence-electron chi connectivity index (χ2n) is 7.92. The molecule has 0 aliphatic carbocycles. The van der Waals surface area contributed by atoms with Gasteiger partial charge in [-0.05, 0) is 58.5 Å². The van der Waals surface area contributed by atoms with Gasteiger partial charge in [-0.15, -0.1) is 5.10 Å². The number of benzene rings is 1. The van der Waals surface area contributed by atoms with Crippen LogP contribution in [0.1, 0.15) is 44.5 Å². The molecule has 0 spiro atoms. The van der Waals surface area contributed by atoms with Gasteiger partial charge in [0.05, 0.1) is 23.3 Å². The number of hydrogen-bond acceptors (Lipinski definition) is 5. The molecule has 8 nitrogen and oxygen atoms in total. The van der Waals surface area contributed by atoms with E-state index in [1.165, 1.54) is 12.1 Å². The molecule has 1 aliphatic rings. The van der Waals surface area contributed by atoms with E-state index < -0.39 is 0 Å². The van der Waals surface area contributed by atoms with Crippen LogP contribution in [0.25, 0.3) is 22.4 Å². The first-order valence-electron chi connectivity index (χ1n) is 9.79. The smallest absolute Gasteiger partial charge is 0.279 e. The molecule has 29 heavy (non-hydrogen) atoms. The molecule has 3 aromatic heterocycles. The molecule has 5 rings (SSSR count). The number of rotatable bonds is 3. The molecule has 1 fully saturated rings. The number of likely N-dealkylation sites (tertiary alicyclic amines) is 1. The van der Waals surface area contributed by atoms with Crippen LogP contribution in [0.15, 0.2) is 35.5 Å². The van der Waals surface area contributed by atoms with Crippen LogP contribution in [0.2, 0.25) is 0 Å². The summed E-state index contributed by atoms with van der Waals surface area (Å²) in [7, 11) is 2.08. The molecule has 1 saturated heterocycles. The van der Waals surface area contributed by atoms with Crippen molar-refractivity contribution >= 4 is 16.6 Å². The minimum Gasteiger partial charge on any atom is -0.302 e. The lowest BCUT2D eigenvalue weighted by molar-refractivity contribution is 0.311. The summed E-state index contributed by atoms with van der Waals surface area (Å²) in [5.41, 5.74) is 2.28. The first-order valence-corrected chi connectivity index (χ1v) is 9.79. The molecular weight excluding hydrogens is 373 g/mol. The summed E-state index contributed by atoms with van der Waals surface area (Å²) in [6.07, 6.45) is 5.60. The molecule has 1 unspecified atom stereocenters. The Morgan fingerprint density at radius 1 is 1.24 bits per heavy atom. The maximum absolute atomic E-state index is 13.9. The van der Waals surface area contributed by atoms with Crippen molar-refractivity contribution in [2.45, 2.75) is 38.8 Å². The maximum Gasteiger partial charge on any atom is 0.279 e.